The van der Waals surface area contributed by atoms with E-state index in [0.29, 0.717) is 21.3 Å². The second-order valence-corrected chi connectivity index (χ2v) is 8.65. The van der Waals surface area contributed by atoms with Crippen LogP contribution in [-0.4, -0.2) is 35.1 Å². The number of nitrogens with one attached hydrogen (secondary N) is 1. The number of halogens is 1. The maximum Gasteiger partial charge on any atom is 0.285 e. The Labute approximate surface area is 176 Å². The molecule has 8 heteroatoms. The summed E-state index contributed by atoms with van der Waals surface area (Å²) in [6.45, 7) is 1.81. The van der Waals surface area contributed by atoms with Crippen molar-refractivity contribution in [1.82, 2.24) is 9.88 Å². The highest BCUT2D eigenvalue weighted by molar-refractivity contribution is 8.13. The summed E-state index contributed by atoms with van der Waals surface area (Å²) in [7, 11) is 3.41. The number of carbonyl (C=O) groups excluding carboxylic acids is 2. The van der Waals surface area contributed by atoms with Crippen LogP contribution in [0.5, 0.6) is 0 Å². The topological polar surface area (TPSA) is 62.3 Å². The molecular formula is C20H18ClN3O2S2. The average Bonchev–Trinajstić information content (AvgIpc) is 3.05. The van der Waals surface area contributed by atoms with E-state index in [9.17, 15) is 9.59 Å². The number of thioether (sulfide) groups is 1. The lowest BCUT2D eigenvalue weighted by Gasteiger charge is -2.09. The maximum absolute atomic E-state index is 12.7. The van der Waals surface area contributed by atoms with Crippen molar-refractivity contribution in [2.24, 2.45) is 0 Å². The van der Waals surface area contributed by atoms with Gasteiger partial charge in [0, 0.05) is 35.3 Å². The lowest BCUT2D eigenvalue weighted by molar-refractivity contribution is 0.103. The number of hydrogen-bond donors (Lipinski definition) is 1. The van der Waals surface area contributed by atoms with Gasteiger partial charge < -0.3 is 10.2 Å². The second kappa shape index (κ2) is 8.77. The van der Waals surface area contributed by atoms with Crippen LogP contribution in [0, 0.1) is 6.92 Å². The molecule has 0 aliphatic carbocycles. The van der Waals surface area contributed by atoms with Gasteiger partial charge in [0.15, 0.2) is 0 Å². The Bertz CT molecular complexity index is 1020. The zero-order valence-electron chi connectivity index (χ0n) is 15.5. The molecule has 3 rings (SSSR count). The van der Waals surface area contributed by atoms with Gasteiger partial charge in [-0.25, -0.2) is 4.98 Å². The lowest BCUT2D eigenvalue weighted by Crippen LogP contribution is -2.16. The Morgan fingerprint density at radius 3 is 2.50 bits per heavy atom. The number of aryl methyl sites for hydroxylation is 1. The number of benzene rings is 2. The molecular weight excluding hydrogens is 414 g/mol. The summed E-state index contributed by atoms with van der Waals surface area (Å²) in [5, 5.41) is 4.21. The van der Waals surface area contributed by atoms with Gasteiger partial charge in [0.25, 0.3) is 11.1 Å². The number of hydrogen-bond acceptors (Lipinski definition) is 5. The quantitative estimate of drug-likeness (QED) is 0.530. The molecule has 0 bridgehead atoms. The highest BCUT2D eigenvalue weighted by Crippen LogP contribution is 2.30. The predicted octanol–water partition coefficient (Wildman–Crippen LogP) is 5.80. The van der Waals surface area contributed by atoms with Crippen LogP contribution >= 0.6 is 34.7 Å². The van der Waals surface area contributed by atoms with E-state index in [0.717, 1.165) is 27.2 Å². The summed E-state index contributed by atoms with van der Waals surface area (Å²) in [6.07, 6.45) is 0. The smallest absolute Gasteiger partial charge is 0.285 e. The van der Waals surface area contributed by atoms with Gasteiger partial charge in [0.2, 0.25) is 0 Å². The molecule has 144 valence electrons. The van der Waals surface area contributed by atoms with Crippen LogP contribution in [0.15, 0.2) is 53.4 Å². The van der Waals surface area contributed by atoms with E-state index in [1.54, 1.807) is 44.4 Å². The zero-order chi connectivity index (χ0) is 20.3. The summed E-state index contributed by atoms with van der Waals surface area (Å²) in [5.41, 5.74) is 2.21. The Morgan fingerprint density at radius 1 is 1.14 bits per heavy atom. The van der Waals surface area contributed by atoms with Crippen molar-refractivity contribution in [3.63, 3.8) is 0 Å². The van der Waals surface area contributed by atoms with Gasteiger partial charge in [-0.05, 0) is 55.1 Å². The minimum absolute atomic E-state index is 0.0504. The third-order valence-electron chi connectivity index (χ3n) is 3.76. The van der Waals surface area contributed by atoms with Crippen LogP contribution in [0.2, 0.25) is 5.02 Å². The molecule has 0 aliphatic heterocycles. The summed E-state index contributed by atoms with van der Waals surface area (Å²) in [4.78, 5) is 31.8. The van der Waals surface area contributed by atoms with Gasteiger partial charge in [0.1, 0.15) is 9.88 Å². The van der Waals surface area contributed by atoms with Gasteiger partial charge in [-0.1, -0.05) is 23.7 Å². The van der Waals surface area contributed by atoms with Crippen molar-refractivity contribution >= 4 is 51.5 Å². The van der Waals surface area contributed by atoms with Crippen molar-refractivity contribution in [3.05, 3.63) is 64.1 Å². The summed E-state index contributed by atoms with van der Waals surface area (Å²) < 4.78 is 0. The minimum atomic E-state index is -0.215. The largest absolute Gasteiger partial charge is 0.339 e. The zero-order valence-corrected chi connectivity index (χ0v) is 17.9. The molecule has 0 unspecified atom stereocenters. The van der Waals surface area contributed by atoms with Gasteiger partial charge >= 0.3 is 0 Å². The average molecular weight is 432 g/mol. The predicted molar refractivity (Wildman–Crippen MR) is 117 cm³/mol. The van der Waals surface area contributed by atoms with Crippen molar-refractivity contribution in [3.8, 4) is 10.6 Å². The van der Waals surface area contributed by atoms with E-state index < -0.39 is 0 Å². The summed E-state index contributed by atoms with van der Waals surface area (Å²) in [6, 6.07) is 14.6. The fourth-order valence-corrected chi connectivity index (χ4v) is 4.14. The molecule has 0 atom stereocenters. The molecule has 5 nitrogen and oxygen atoms in total. The van der Waals surface area contributed by atoms with Crippen molar-refractivity contribution < 1.29 is 9.59 Å². The SMILES string of the molecule is Cc1nc(-c2cccc(Cl)c2)sc1C(=O)Nc1ccc(SC(=O)N(C)C)cc1. The first kappa shape index (κ1) is 20.4. The number of anilines is 1. The van der Waals surface area contributed by atoms with Crippen molar-refractivity contribution in [1.29, 1.82) is 0 Å². The van der Waals surface area contributed by atoms with Crippen LogP contribution in [0.3, 0.4) is 0 Å². The van der Waals surface area contributed by atoms with E-state index >= 15 is 0 Å². The molecule has 1 heterocycles. The molecule has 3 aromatic rings. The van der Waals surface area contributed by atoms with Crippen molar-refractivity contribution in [2.45, 2.75) is 11.8 Å². The van der Waals surface area contributed by atoms with Crippen LogP contribution in [0.1, 0.15) is 15.4 Å². The first-order valence-corrected chi connectivity index (χ1v) is 10.4. The molecule has 0 saturated carbocycles. The Kier molecular flexibility index (Phi) is 6.39. The fraction of sp³-hybridized carbons (Fsp3) is 0.150. The van der Waals surface area contributed by atoms with Crippen LogP contribution in [-0.2, 0) is 0 Å². The molecule has 28 heavy (non-hydrogen) atoms. The van der Waals surface area contributed by atoms with Gasteiger partial charge in [0.05, 0.1) is 5.69 Å². The molecule has 2 aromatic carbocycles. The van der Waals surface area contributed by atoms with E-state index in [2.05, 4.69) is 10.3 Å². The number of nitrogens with zero attached hydrogens (tertiary/aromatic N) is 2. The summed E-state index contributed by atoms with van der Waals surface area (Å²) >= 11 is 8.51. The normalized spacial score (nSPS) is 10.6. The third kappa shape index (κ3) is 4.92. The first-order valence-electron chi connectivity index (χ1n) is 8.37. The summed E-state index contributed by atoms with van der Waals surface area (Å²) in [5.74, 6) is -0.215. The Hall–Kier alpha value is -2.35. The fourth-order valence-electron chi connectivity index (χ4n) is 2.34. The van der Waals surface area contributed by atoms with Crippen LogP contribution in [0.4, 0.5) is 10.5 Å². The maximum atomic E-state index is 12.7. The van der Waals surface area contributed by atoms with Crippen LogP contribution in [0.25, 0.3) is 10.6 Å². The van der Waals surface area contributed by atoms with E-state index in [4.69, 9.17) is 11.6 Å². The molecule has 1 aromatic heterocycles. The standard InChI is InChI=1S/C20H18ClN3O2S2/c1-12-17(28-19(22-12)13-5-4-6-14(21)11-13)18(25)23-15-7-9-16(10-8-15)27-20(26)24(2)3/h4-11H,1-3H3,(H,23,25). The van der Waals surface area contributed by atoms with E-state index in [-0.39, 0.29) is 11.1 Å². The van der Waals surface area contributed by atoms with Gasteiger partial charge in [-0.3, -0.25) is 9.59 Å². The first-order chi connectivity index (χ1) is 13.3. The number of rotatable bonds is 4. The minimum Gasteiger partial charge on any atom is -0.339 e. The second-order valence-electron chi connectivity index (χ2n) is 6.18. The Morgan fingerprint density at radius 2 is 1.86 bits per heavy atom. The van der Waals surface area contributed by atoms with Crippen LogP contribution < -0.4 is 5.32 Å². The molecule has 0 fully saturated rings. The molecule has 2 amide bonds. The highest BCUT2D eigenvalue weighted by Gasteiger charge is 2.17. The molecule has 0 spiro atoms. The van der Waals surface area contributed by atoms with E-state index in [1.807, 2.05) is 25.1 Å². The number of amides is 2. The number of thiazole rings is 1. The molecule has 0 aliphatic rings. The molecule has 0 radical (unpaired) electrons. The van der Waals surface area contributed by atoms with Crippen molar-refractivity contribution in [2.75, 3.05) is 19.4 Å². The molecule has 1 N–H and O–H groups in total. The molecule has 0 saturated heterocycles. The highest BCUT2D eigenvalue weighted by atomic mass is 35.5. The Balaban J connectivity index is 1.72. The lowest BCUT2D eigenvalue weighted by atomic mass is 10.2. The van der Waals surface area contributed by atoms with Gasteiger partial charge in [-0.2, -0.15) is 0 Å². The third-order valence-corrected chi connectivity index (χ3v) is 6.24. The van der Waals surface area contributed by atoms with Gasteiger partial charge in [-0.15, -0.1) is 11.3 Å². The van der Waals surface area contributed by atoms with E-state index in [1.165, 1.54) is 16.2 Å². The monoisotopic (exact) mass is 431 g/mol. The number of aromatic nitrogens is 1. The number of carbonyl (C=O) groups is 2.